The predicted molar refractivity (Wildman–Crippen MR) is 84.2 cm³/mol. The number of hydrogen-bond donors (Lipinski definition) is 1. The van der Waals surface area contributed by atoms with Gasteiger partial charge in [-0.2, -0.15) is 0 Å². The molecule has 0 spiro atoms. The number of piperidine rings is 1. The lowest BCUT2D eigenvalue weighted by Crippen LogP contribution is -2.41. The monoisotopic (exact) mass is 341 g/mol. The van der Waals surface area contributed by atoms with Gasteiger partial charge in [0.1, 0.15) is 0 Å². The van der Waals surface area contributed by atoms with Crippen molar-refractivity contribution in [3.8, 4) is 0 Å². The fourth-order valence-corrected chi connectivity index (χ4v) is 3.75. The molecule has 1 amide bonds. The number of carboxylic acid groups (broad SMARTS) is 1. The van der Waals surface area contributed by atoms with Gasteiger partial charge in [-0.25, -0.2) is 0 Å². The number of carbonyl (C=O) groups excluding carboxylic acids is 1. The number of rotatable bonds is 3. The van der Waals surface area contributed by atoms with E-state index in [0.29, 0.717) is 36.0 Å². The molecule has 22 heavy (non-hydrogen) atoms. The van der Waals surface area contributed by atoms with E-state index >= 15 is 0 Å². The number of benzene rings is 1. The van der Waals surface area contributed by atoms with Gasteiger partial charge in [-0.1, -0.05) is 23.2 Å². The molecule has 0 unspecified atom stereocenters. The van der Waals surface area contributed by atoms with Crippen LogP contribution in [0.5, 0.6) is 0 Å². The van der Waals surface area contributed by atoms with Crippen LogP contribution in [0, 0.1) is 11.8 Å². The van der Waals surface area contributed by atoms with Gasteiger partial charge in [0.25, 0.3) is 0 Å². The van der Waals surface area contributed by atoms with Crippen LogP contribution in [0.25, 0.3) is 0 Å². The molecule has 1 aromatic rings. The number of aliphatic carboxylic acids is 1. The summed E-state index contributed by atoms with van der Waals surface area (Å²) in [5, 5.41) is 10.2. The van der Waals surface area contributed by atoms with Crippen LogP contribution in [-0.4, -0.2) is 35.0 Å². The maximum absolute atomic E-state index is 12.5. The minimum absolute atomic E-state index is 0.0177. The minimum atomic E-state index is -0.759. The van der Waals surface area contributed by atoms with Crippen LogP contribution in [0.1, 0.15) is 30.7 Å². The van der Waals surface area contributed by atoms with E-state index in [1.807, 2.05) is 12.1 Å². The summed E-state index contributed by atoms with van der Waals surface area (Å²) in [6, 6.07) is 5.41. The maximum Gasteiger partial charge on any atom is 0.306 e. The molecule has 2 fully saturated rings. The van der Waals surface area contributed by atoms with E-state index in [0.717, 1.165) is 12.0 Å². The van der Waals surface area contributed by atoms with Gasteiger partial charge in [0.05, 0.1) is 5.92 Å². The molecule has 3 rings (SSSR count). The fourth-order valence-electron chi connectivity index (χ4n) is 3.21. The van der Waals surface area contributed by atoms with Gasteiger partial charge in [0, 0.05) is 29.1 Å². The third-order valence-electron chi connectivity index (χ3n) is 4.58. The second-order valence-corrected chi connectivity index (χ2v) is 6.96. The molecule has 1 aromatic carbocycles. The Hall–Kier alpha value is -1.26. The highest BCUT2D eigenvalue weighted by atomic mass is 35.5. The molecule has 0 radical (unpaired) electrons. The maximum atomic E-state index is 12.5. The molecule has 0 aromatic heterocycles. The third-order valence-corrected chi connectivity index (χ3v) is 5.01. The van der Waals surface area contributed by atoms with E-state index in [1.54, 1.807) is 11.0 Å². The largest absolute Gasteiger partial charge is 0.481 e. The van der Waals surface area contributed by atoms with E-state index in [1.165, 1.54) is 0 Å². The summed E-state index contributed by atoms with van der Waals surface area (Å²) in [4.78, 5) is 25.3. The van der Waals surface area contributed by atoms with Crippen LogP contribution in [0.4, 0.5) is 0 Å². The molecular weight excluding hydrogens is 325 g/mol. The van der Waals surface area contributed by atoms with Gasteiger partial charge < -0.3 is 10.0 Å². The van der Waals surface area contributed by atoms with Crippen LogP contribution >= 0.6 is 23.2 Å². The van der Waals surface area contributed by atoms with Crippen LogP contribution in [0.3, 0.4) is 0 Å². The second kappa shape index (κ2) is 6.09. The molecule has 118 valence electrons. The number of carbonyl (C=O) groups is 2. The SMILES string of the molecule is O=C(O)C1CCN(C(=O)[C@H]2C[C@H]2c2cc(Cl)cc(Cl)c2)CC1. The van der Waals surface area contributed by atoms with E-state index in [9.17, 15) is 9.59 Å². The molecule has 1 heterocycles. The summed E-state index contributed by atoms with van der Waals surface area (Å²) >= 11 is 12.0. The molecule has 1 saturated carbocycles. The van der Waals surface area contributed by atoms with Crippen molar-refractivity contribution < 1.29 is 14.7 Å². The van der Waals surface area contributed by atoms with Crippen LogP contribution < -0.4 is 0 Å². The quantitative estimate of drug-likeness (QED) is 0.916. The lowest BCUT2D eigenvalue weighted by molar-refractivity contribution is -0.146. The smallest absolute Gasteiger partial charge is 0.306 e. The first kappa shape index (κ1) is 15.6. The van der Waals surface area contributed by atoms with E-state index in [-0.39, 0.29) is 23.7 Å². The Labute approximate surface area is 139 Å². The zero-order valence-electron chi connectivity index (χ0n) is 12.0. The number of carboxylic acids is 1. The van der Waals surface area contributed by atoms with Crippen LogP contribution in [0.2, 0.25) is 10.0 Å². The average molecular weight is 342 g/mol. The zero-order valence-corrected chi connectivity index (χ0v) is 13.5. The fraction of sp³-hybridized carbons (Fsp3) is 0.500. The van der Waals surface area contributed by atoms with Gasteiger partial charge in [0.2, 0.25) is 5.91 Å². The van der Waals surface area contributed by atoms with Gasteiger partial charge in [-0.05, 0) is 48.9 Å². The second-order valence-electron chi connectivity index (χ2n) is 6.09. The first-order chi connectivity index (χ1) is 10.5. The molecule has 0 bridgehead atoms. The molecule has 1 N–H and O–H groups in total. The number of likely N-dealkylation sites (tertiary alicyclic amines) is 1. The molecule has 2 atom stereocenters. The summed E-state index contributed by atoms with van der Waals surface area (Å²) in [5.41, 5.74) is 1.01. The van der Waals surface area contributed by atoms with Crippen molar-refractivity contribution in [3.63, 3.8) is 0 Å². The van der Waals surface area contributed by atoms with E-state index < -0.39 is 5.97 Å². The van der Waals surface area contributed by atoms with Gasteiger partial charge in [-0.3, -0.25) is 9.59 Å². The summed E-state index contributed by atoms with van der Waals surface area (Å²) in [6.07, 6.45) is 1.90. The normalized spacial score (nSPS) is 25.1. The number of nitrogens with zero attached hydrogens (tertiary/aromatic N) is 1. The summed E-state index contributed by atoms with van der Waals surface area (Å²) < 4.78 is 0. The Morgan fingerprint density at radius 1 is 1.09 bits per heavy atom. The highest BCUT2D eigenvalue weighted by molar-refractivity contribution is 6.34. The van der Waals surface area contributed by atoms with Crippen molar-refractivity contribution in [1.29, 1.82) is 0 Å². The van der Waals surface area contributed by atoms with Gasteiger partial charge >= 0.3 is 5.97 Å². The Balaban J connectivity index is 1.60. The first-order valence-electron chi connectivity index (χ1n) is 7.43. The van der Waals surface area contributed by atoms with Crippen LogP contribution in [0.15, 0.2) is 18.2 Å². The molecular formula is C16H17Cl2NO3. The Morgan fingerprint density at radius 2 is 1.68 bits per heavy atom. The average Bonchev–Trinajstić information content (AvgIpc) is 3.26. The van der Waals surface area contributed by atoms with Crippen molar-refractivity contribution in [2.45, 2.75) is 25.2 Å². The molecule has 4 nitrogen and oxygen atoms in total. The topological polar surface area (TPSA) is 57.6 Å². The number of amides is 1. The molecule has 1 aliphatic carbocycles. The first-order valence-corrected chi connectivity index (χ1v) is 8.19. The van der Waals surface area contributed by atoms with Crippen molar-refractivity contribution >= 4 is 35.1 Å². The van der Waals surface area contributed by atoms with Crippen molar-refractivity contribution in [3.05, 3.63) is 33.8 Å². The van der Waals surface area contributed by atoms with Crippen molar-refractivity contribution in [2.24, 2.45) is 11.8 Å². The lowest BCUT2D eigenvalue weighted by Gasteiger charge is -2.30. The van der Waals surface area contributed by atoms with E-state index in [4.69, 9.17) is 28.3 Å². The van der Waals surface area contributed by atoms with Gasteiger partial charge in [-0.15, -0.1) is 0 Å². The molecule has 2 aliphatic rings. The number of hydrogen-bond acceptors (Lipinski definition) is 2. The Kier molecular flexibility index (Phi) is 4.33. The number of halogens is 2. The third kappa shape index (κ3) is 3.23. The summed E-state index contributed by atoms with van der Waals surface area (Å²) in [5.74, 6) is -0.780. The van der Waals surface area contributed by atoms with Crippen LogP contribution in [-0.2, 0) is 9.59 Å². The zero-order chi connectivity index (χ0) is 15.9. The van der Waals surface area contributed by atoms with Crippen molar-refractivity contribution in [1.82, 2.24) is 4.90 Å². The molecule has 1 aliphatic heterocycles. The van der Waals surface area contributed by atoms with E-state index in [2.05, 4.69) is 0 Å². The minimum Gasteiger partial charge on any atom is -0.481 e. The summed E-state index contributed by atoms with van der Waals surface area (Å²) in [7, 11) is 0. The molecule has 6 heteroatoms. The highest BCUT2D eigenvalue weighted by Gasteiger charge is 2.46. The Bertz CT molecular complexity index is 591. The van der Waals surface area contributed by atoms with Gasteiger partial charge in [0.15, 0.2) is 0 Å². The standard InChI is InChI=1S/C16H17Cl2NO3/c17-11-5-10(6-12(18)7-11)13-8-14(13)15(20)19-3-1-9(2-4-19)16(21)22/h5-7,9,13-14H,1-4,8H2,(H,21,22)/t13-,14-/m0/s1. The molecule has 1 saturated heterocycles. The highest BCUT2D eigenvalue weighted by Crippen LogP contribution is 2.49. The Morgan fingerprint density at radius 3 is 2.23 bits per heavy atom. The lowest BCUT2D eigenvalue weighted by atomic mass is 9.96. The predicted octanol–water partition coefficient (Wildman–Crippen LogP) is 3.42. The van der Waals surface area contributed by atoms with Crippen molar-refractivity contribution in [2.75, 3.05) is 13.1 Å². The summed E-state index contributed by atoms with van der Waals surface area (Å²) in [6.45, 7) is 1.07.